The molecule has 0 aliphatic carbocycles. The standard InChI is InChI=1S/C31H22N2O3/c34-25(18-21-10-13-24(14-11-21)23-6-2-1-3-7-23)19-22-12-15-26-27(20-22)33-31(29-9-5-17-36-29)30(32-26)28-8-4-16-35-28/h1-17,20H,18-19H2. The molecule has 3 heterocycles. The van der Waals surface area contributed by atoms with Crippen molar-refractivity contribution in [2.45, 2.75) is 12.8 Å². The van der Waals surface area contributed by atoms with Gasteiger partial charge in [0.15, 0.2) is 11.5 Å². The fourth-order valence-corrected chi connectivity index (χ4v) is 4.34. The molecule has 6 aromatic rings. The first-order chi connectivity index (χ1) is 17.7. The summed E-state index contributed by atoms with van der Waals surface area (Å²) in [6.45, 7) is 0. The smallest absolute Gasteiger partial charge is 0.154 e. The second kappa shape index (κ2) is 9.47. The monoisotopic (exact) mass is 470 g/mol. The summed E-state index contributed by atoms with van der Waals surface area (Å²) in [5, 5.41) is 0. The molecular formula is C31H22N2O3. The van der Waals surface area contributed by atoms with Crippen LogP contribution in [0.5, 0.6) is 0 Å². The summed E-state index contributed by atoms with van der Waals surface area (Å²) in [6, 6.07) is 31.5. The maximum Gasteiger partial charge on any atom is 0.154 e. The topological polar surface area (TPSA) is 69.1 Å². The van der Waals surface area contributed by atoms with Crippen molar-refractivity contribution in [2.24, 2.45) is 0 Å². The van der Waals surface area contributed by atoms with Gasteiger partial charge in [-0.25, -0.2) is 9.97 Å². The van der Waals surface area contributed by atoms with Crippen LogP contribution in [0.25, 0.3) is 45.1 Å². The van der Waals surface area contributed by atoms with E-state index in [1.165, 1.54) is 0 Å². The van der Waals surface area contributed by atoms with E-state index in [0.29, 0.717) is 41.3 Å². The number of carbonyl (C=O) groups is 1. The highest BCUT2D eigenvalue weighted by atomic mass is 16.3. The van der Waals surface area contributed by atoms with E-state index in [0.717, 1.165) is 27.8 Å². The number of nitrogens with zero attached hydrogens (tertiary/aromatic N) is 2. The lowest BCUT2D eigenvalue weighted by atomic mass is 9.99. The zero-order valence-corrected chi connectivity index (χ0v) is 19.4. The molecule has 5 nitrogen and oxygen atoms in total. The van der Waals surface area contributed by atoms with Crippen molar-refractivity contribution in [1.29, 1.82) is 0 Å². The molecule has 0 radical (unpaired) electrons. The van der Waals surface area contributed by atoms with Gasteiger partial charge in [-0.1, -0.05) is 60.7 Å². The highest BCUT2D eigenvalue weighted by Crippen LogP contribution is 2.31. The Bertz CT molecular complexity index is 1620. The summed E-state index contributed by atoms with van der Waals surface area (Å²) >= 11 is 0. The van der Waals surface area contributed by atoms with Gasteiger partial charge in [0.25, 0.3) is 0 Å². The van der Waals surface area contributed by atoms with Crippen LogP contribution in [-0.2, 0) is 17.6 Å². The number of benzene rings is 3. The number of fused-ring (bicyclic) bond motifs is 1. The first kappa shape index (κ1) is 21.7. The third-order valence-electron chi connectivity index (χ3n) is 6.10. The van der Waals surface area contributed by atoms with Gasteiger partial charge < -0.3 is 8.83 Å². The summed E-state index contributed by atoms with van der Waals surface area (Å²) in [5.41, 5.74) is 6.86. The van der Waals surface area contributed by atoms with Gasteiger partial charge in [-0.05, 0) is 58.7 Å². The van der Waals surface area contributed by atoms with Gasteiger partial charge in [-0.15, -0.1) is 0 Å². The maximum absolute atomic E-state index is 12.9. The molecule has 3 aromatic carbocycles. The quantitative estimate of drug-likeness (QED) is 0.247. The van der Waals surface area contributed by atoms with Crippen molar-refractivity contribution in [1.82, 2.24) is 9.97 Å². The van der Waals surface area contributed by atoms with Gasteiger partial charge in [0, 0.05) is 12.8 Å². The summed E-state index contributed by atoms with van der Waals surface area (Å²) in [6.07, 6.45) is 3.92. The summed E-state index contributed by atoms with van der Waals surface area (Å²) in [7, 11) is 0. The van der Waals surface area contributed by atoms with Gasteiger partial charge in [0.1, 0.15) is 17.2 Å². The lowest BCUT2D eigenvalue weighted by Crippen LogP contribution is -2.07. The Balaban J connectivity index is 1.23. The summed E-state index contributed by atoms with van der Waals surface area (Å²) in [5.74, 6) is 1.37. The fourth-order valence-electron chi connectivity index (χ4n) is 4.34. The minimum absolute atomic E-state index is 0.147. The Morgan fingerprint density at radius 3 is 1.81 bits per heavy atom. The number of hydrogen-bond donors (Lipinski definition) is 0. The Kier molecular flexibility index (Phi) is 5.72. The van der Waals surface area contributed by atoms with Crippen LogP contribution in [0.1, 0.15) is 11.1 Å². The van der Waals surface area contributed by atoms with E-state index in [-0.39, 0.29) is 5.78 Å². The van der Waals surface area contributed by atoms with Crippen LogP contribution in [0.15, 0.2) is 118 Å². The van der Waals surface area contributed by atoms with E-state index in [4.69, 9.17) is 18.8 Å². The molecule has 5 heteroatoms. The minimum atomic E-state index is 0.147. The number of rotatable bonds is 7. The van der Waals surface area contributed by atoms with Crippen molar-refractivity contribution in [2.75, 3.05) is 0 Å². The second-order valence-corrected chi connectivity index (χ2v) is 8.65. The highest BCUT2D eigenvalue weighted by Gasteiger charge is 2.17. The van der Waals surface area contributed by atoms with E-state index in [2.05, 4.69) is 24.3 Å². The SMILES string of the molecule is O=C(Cc1ccc(-c2ccccc2)cc1)Cc1ccc2nc(-c3ccco3)c(-c3ccco3)nc2c1. The molecular weight excluding hydrogens is 448 g/mol. The molecule has 0 saturated heterocycles. The lowest BCUT2D eigenvalue weighted by Gasteiger charge is -2.08. The molecule has 6 rings (SSSR count). The Morgan fingerprint density at radius 1 is 0.583 bits per heavy atom. The third kappa shape index (κ3) is 4.46. The van der Waals surface area contributed by atoms with E-state index in [1.807, 2.05) is 72.8 Å². The summed E-state index contributed by atoms with van der Waals surface area (Å²) in [4.78, 5) is 22.5. The molecule has 0 atom stereocenters. The van der Waals surface area contributed by atoms with Gasteiger partial charge in [0.2, 0.25) is 0 Å². The van der Waals surface area contributed by atoms with Gasteiger partial charge in [-0.3, -0.25) is 4.79 Å². The number of ketones is 1. The molecule has 0 saturated carbocycles. The normalized spacial score (nSPS) is 11.1. The number of furan rings is 2. The molecule has 0 bridgehead atoms. The average molecular weight is 471 g/mol. The van der Waals surface area contributed by atoms with Crippen LogP contribution in [-0.4, -0.2) is 15.8 Å². The Morgan fingerprint density at radius 2 is 1.17 bits per heavy atom. The molecule has 0 amide bonds. The predicted octanol–water partition coefficient (Wildman–Crippen LogP) is 7.17. The van der Waals surface area contributed by atoms with Crippen LogP contribution in [0.3, 0.4) is 0 Å². The first-order valence-electron chi connectivity index (χ1n) is 11.8. The Hall–Kier alpha value is -4.77. The lowest BCUT2D eigenvalue weighted by molar-refractivity contribution is -0.117. The second-order valence-electron chi connectivity index (χ2n) is 8.65. The number of hydrogen-bond acceptors (Lipinski definition) is 5. The van der Waals surface area contributed by atoms with Crippen LogP contribution in [0.4, 0.5) is 0 Å². The van der Waals surface area contributed by atoms with Crippen molar-refractivity contribution in [3.05, 3.63) is 121 Å². The van der Waals surface area contributed by atoms with Crippen molar-refractivity contribution >= 4 is 16.8 Å². The summed E-state index contributed by atoms with van der Waals surface area (Å²) < 4.78 is 11.2. The molecule has 3 aromatic heterocycles. The zero-order chi connectivity index (χ0) is 24.3. The van der Waals surface area contributed by atoms with E-state index >= 15 is 0 Å². The average Bonchev–Trinajstić information content (AvgIpc) is 3.64. The van der Waals surface area contributed by atoms with Crippen LogP contribution >= 0.6 is 0 Å². The van der Waals surface area contributed by atoms with Crippen LogP contribution < -0.4 is 0 Å². The zero-order valence-electron chi connectivity index (χ0n) is 19.4. The van der Waals surface area contributed by atoms with E-state index in [1.54, 1.807) is 12.5 Å². The molecule has 0 spiro atoms. The van der Waals surface area contributed by atoms with Gasteiger partial charge >= 0.3 is 0 Å². The van der Waals surface area contributed by atoms with Crippen LogP contribution in [0.2, 0.25) is 0 Å². The van der Waals surface area contributed by atoms with Crippen molar-refractivity contribution in [3.8, 4) is 34.0 Å². The molecule has 0 N–H and O–H groups in total. The predicted molar refractivity (Wildman–Crippen MR) is 139 cm³/mol. The molecule has 0 unspecified atom stereocenters. The molecule has 0 aliphatic heterocycles. The minimum Gasteiger partial charge on any atom is -0.463 e. The molecule has 174 valence electrons. The Labute approximate surface area is 208 Å². The van der Waals surface area contributed by atoms with Crippen LogP contribution in [0, 0.1) is 0 Å². The molecule has 0 fully saturated rings. The molecule has 36 heavy (non-hydrogen) atoms. The number of Topliss-reactive ketones (excluding diaryl/α,β-unsaturated/α-hetero) is 1. The first-order valence-corrected chi connectivity index (χ1v) is 11.8. The van der Waals surface area contributed by atoms with E-state index in [9.17, 15) is 4.79 Å². The number of carbonyl (C=O) groups excluding carboxylic acids is 1. The maximum atomic E-state index is 12.9. The number of aromatic nitrogens is 2. The largest absolute Gasteiger partial charge is 0.463 e. The van der Waals surface area contributed by atoms with Gasteiger partial charge in [-0.2, -0.15) is 0 Å². The van der Waals surface area contributed by atoms with E-state index < -0.39 is 0 Å². The molecule has 0 aliphatic rings. The van der Waals surface area contributed by atoms with Gasteiger partial charge in [0.05, 0.1) is 23.6 Å². The van der Waals surface area contributed by atoms with Crippen molar-refractivity contribution < 1.29 is 13.6 Å². The third-order valence-corrected chi connectivity index (χ3v) is 6.10. The highest BCUT2D eigenvalue weighted by molar-refractivity contribution is 5.87. The van der Waals surface area contributed by atoms with Crippen molar-refractivity contribution in [3.63, 3.8) is 0 Å². The fraction of sp³-hybridized carbons (Fsp3) is 0.0645.